The highest BCUT2D eigenvalue weighted by atomic mass is 32.1. The Hall–Kier alpha value is -0.890. The van der Waals surface area contributed by atoms with E-state index in [1.165, 1.54) is 0 Å². The Bertz CT molecular complexity index is 323. The maximum Gasteiger partial charge on any atom is 0.452 e. The normalized spacial score (nSPS) is 13.8. The molecular weight excluding hydrogens is 241 g/mol. The van der Waals surface area contributed by atoms with Gasteiger partial charge in [-0.05, 0) is 19.8 Å². The summed E-state index contributed by atoms with van der Waals surface area (Å²) in [7, 11) is 0. The second kappa shape index (κ2) is 5.44. The number of hydrogen-bond acceptors (Lipinski definition) is 5. The van der Waals surface area contributed by atoms with Crippen LogP contribution >= 0.6 is 11.5 Å². The standard InChI is InChI=1S/C8H13F3N4S/c1-5(12)3-2-4-13-7-14-6(15-16-7)8(9,10)11/h5H,2-4,12H2,1H3,(H,13,14,15). The van der Waals surface area contributed by atoms with E-state index in [0.717, 1.165) is 12.8 Å². The Kier molecular flexibility index (Phi) is 4.48. The van der Waals surface area contributed by atoms with E-state index in [1.807, 2.05) is 6.92 Å². The third-order valence-corrected chi connectivity index (χ3v) is 2.46. The molecule has 1 rings (SSSR count). The SMILES string of the molecule is CC(N)CCCNc1nc(C(F)(F)F)ns1. The number of nitrogens with two attached hydrogens (primary N) is 1. The highest BCUT2D eigenvalue weighted by Gasteiger charge is 2.35. The summed E-state index contributed by atoms with van der Waals surface area (Å²) < 4.78 is 39.6. The fourth-order valence-corrected chi connectivity index (χ4v) is 1.64. The molecule has 92 valence electrons. The van der Waals surface area contributed by atoms with Crippen molar-refractivity contribution >= 4 is 16.7 Å². The molecule has 16 heavy (non-hydrogen) atoms. The van der Waals surface area contributed by atoms with Crippen LogP contribution in [0.1, 0.15) is 25.6 Å². The Balaban J connectivity index is 2.36. The second-order valence-electron chi connectivity index (χ2n) is 3.47. The summed E-state index contributed by atoms with van der Waals surface area (Å²) in [6.07, 6.45) is -2.86. The van der Waals surface area contributed by atoms with Crippen molar-refractivity contribution in [1.29, 1.82) is 0 Å². The predicted molar refractivity (Wildman–Crippen MR) is 56.3 cm³/mol. The summed E-state index contributed by atoms with van der Waals surface area (Å²) in [5.74, 6) is -1.09. The van der Waals surface area contributed by atoms with E-state index < -0.39 is 12.0 Å². The Labute approximate surface area is 95.2 Å². The molecule has 0 aliphatic heterocycles. The van der Waals surface area contributed by atoms with Crippen molar-refractivity contribution in [2.24, 2.45) is 5.73 Å². The zero-order chi connectivity index (χ0) is 12.2. The van der Waals surface area contributed by atoms with Crippen LogP contribution in [0, 0.1) is 0 Å². The molecule has 0 saturated carbocycles. The smallest absolute Gasteiger partial charge is 0.360 e. The van der Waals surface area contributed by atoms with Crippen molar-refractivity contribution in [1.82, 2.24) is 9.36 Å². The Morgan fingerprint density at radius 3 is 2.69 bits per heavy atom. The van der Waals surface area contributed by atoms with E-state index in [9.17, 15) is 13.2 Å². The minimum atomic E-state index is -4.47. The number of alkyl halides is 3. The Morgan fingerprint density at radius 1 is 1.50 bits per heavy atom. The van der Waals surface area contributed by atoms with E-state index in [-0.39, 0.29) is 11.2 Å². The van der Waals surface area contributed by atoms with Gasteiger partial charge in [0.2, 0.25) is 11.0 Å². The van der Waals surface area contributed by atoms with E-state index in [2.05, 4.69) is 14.7 Å². The molecule has 1 unspecified atom stereocenters. The van der Waals surface area contributed by atoms with Gasteiger partial charge in [0.1, 0.15) is 0 Å². The lowest BCUT2D eigenvalue weighted by molar-refractivity contribution is -0.144. The minimum Gasteiger partial charge on any atom is -0.360 e. The van der Waals surface area contributed by atoms with Crippen molar-refractivity contribution in [3.63, 3.8) is 0 Å². The van der Waals surface area contributed by atoms with Crippen molar-refractivity contribution in [3.8, 4) is 0 Å². The van der Waals surface area contributed by atoms with Gasteiger partial charge in [0, 0.05) is 24.1 Å². The molecule has 1 atom stereocenters. The summed E-state index contributed by atoms with van der Waals surface area (Å²) in [5, 5.41) is 2.97. The molecule has 1 heterocycles. The summed E-state index contributed by atoms with van der Waals surface area (Å²) in [5.41, 5.74) is 5.53. The number of halogens is 3. The number of aromatic nitrogens is 2. The molecule has 0 radical (unpaired) electrons. The maximum absolute atomic E-state index is 12.1. The summed E-state index contributed by atoms with van der Waals surface area (Å²) in [6, 6.07) is 0.0990. The van der Waals surface area contributed by atoms with Gasteiger partial charge in [-0.25, -0.2) is 0 Å². The quantitative estimate of drug-likeness (QED) is 0.790. The highest BCUT2D eigenvalue weighted by molar-refractivity contribution is 7.09. The molecule has 4 nitrogen and oxygen atoms in total. The van der Waals surface area contributed by atoms with E-state index in [4.69, 9.17) is 5.73 Å². The van der Waals surface area contributed by atoms with E-state index in [0.29, 0.717) is 18.1 Å². The van der Waals surface area contributed by atoms with E-state index >= 15 is 0 Å². The first-order valence-electron chi connectivity index (χ1n) is 4.80. The van der Waals surface area contributed by atoms with Crippen molar-refractivity contribution in [2.75, 3.05) is 11.9 Å². The maximum atomic E-state index is 12.1. The molecule has 0 fully saturated rings. The van der Waals surface area contributed by atoms with E-state index in [1.54, 1.807) is 0 Å². The molecule has 0 amide bonds. The van der Waals surface area contributed by atoms with Gasteiger partial charge in [0.25, 0.3) is 0 Å². The van der Waals surface area contributed by atoms with Crippen LogP contribution in [-0.4, -0.2) is 21.9 Å². The third-order valence-electron chi connectivity index (χ3n) is 1.79. The number of rotatable bonds is 5. The Morgan fingerprint density at radius 2 is 2.19 bits per heavy atom. The third kappa shape index (κ3) is 4.31. The lowest BCUT2D eigenvalue weighted by Crippen LogP contribution is -2.16. The lowest BCUT2D eigenvalue weighted by atomic mass is 10.2. The van der Waals surface area contributed by atoms with Crippen LogP contribution in [0.2, 0.25) is 0 Å². The highest BCUT2D eigenvalue weighted by Crippen LogP contribution is 2.28. The van der Waals surface area contributed by atoms with Gasteiger partial charge >= 0.3 is 6.18 Å². The molecule has 3 N–H and O–H groups in total. The van der Waals surface area contributed by atoms with Crippen LogP contribution in [0.5, 0.6) is 0 Å². The van der Waals surface area contributed by atoms with Crippen molar-refractivity contribution in [3.05, 3.63) is 5.82 Å². The van der Waals surface area contributed by atoms with Gasteiger partial charge in [-0.15, -0.1) is 0 Å². The van der Waals surface area contributed by atoms with Crippen molar-refractivity contribution in [2.45, 2.75) is 32.0 Å². The molecule has 0 aliphatic carbocycles. The fraction of sp³-hybridized carbons (Fsp3) is 0.750. The largest absolute Gasteiger partial charge is 0.452 e. The first kappa shape index (κ1) is 13.2. The van der Waals surface area contributed by atoms with Crippen LogP contribution < -0.4 is 11.1 Å². The number of hydrogen-bond donors (Lipinski definition) is 2. The van der Waals surface area contributed by atoms with Gasteiger partial charge in [0.05, 0.1) is 0 Å². The molecule has 1 aromatic heterocycles. The molecule has 1 aromatic rings. The van der Waals surface area contributed by atoms with Gasteiger partial charge in [-0.1, -0.05) is 0 Å². The van der Waals surface area contributed by atoms with Gasteiger partial charge in [0.15, 0.2) is 0 Å². The molecule has 0 aliphatic rings. The number of nitrogens with zero attached hydrogens (tertiary/aromatic N) is 2. The van der Waals surface area contributed by atoms with Crippen LogP contribution in [-0.2, 0) is 6.18 Å². The van der Waals surface area contributed by atoms with Gasteiger partial charge in [-0.3, -0.25) is 0 Å². The molecule has 0 spiro atoms. The fourth-order valence-electron chi connectivity index (χ4n) is 1.03. The predicted octanol–water partition coefficient (Wildman–Crippen LogP) is 2.10. The first-order valence-corrected chi connectivity index (χ1v) is 5.57. The van der Waals surface area contributed by atoms with Gasteiger partial charge in [-0.2, -0.15) is 22.5 Å². The van der Waals surface area contributed by atoms with Crippen LogP contribution in [0.3, 0.4) is 0 Å². The van der Waals surface area contributed by atoms with Crippen molar-refractivity contribution < 1.29 is 13.2 Å². The van der Waals surface area contributed by atoms with Crippen LogP contribution in [0.4, 0.5) is 18.3 Å². The monoisotopic (exact) mass is 254 g/mol. The molecule has 8 heteroatoms. The zero-order valence-corrected chi connectivity index (χ0v) is 9.53. The summed E-state index contributed by atoms with van der Waals surface area (Å²) in [6.45, 7) is 2.43. The van der Waals surface area contributed by atoms with Crippen LogP contribution in [0.25, 0.3) is 0 Å². The molecule has 0 saturated heterocycles. The first-order chi connectivity index (χ1) is 7.39. The second-order valence-corrected chi connectivity index (χ2v) is 4.22. The van der Waals surface area contributed by atoms with Gasteiger partial charge < -0.3 is 11.1 Å². The topological polar surface area (TPSA) is 63.8 Å². The summed E-state index contributed by atoms with van der Waals surface area (Å²) >= 11 is 0.712. The zero-order valence-electron chi connectivity index (χ0n) is 8.71. The summed E-state index contributed by atoms with van der Waals surface area (Å²) in [4.78, 5) is 3.34. The van der Waals surface area contributed by atoms with Crippen LogP contribution in [0.15, 0.2) is 0 Å². The molecule has 0 aromatic carbocycles. The molecular formula is C8H13F3N4S. The minimum absolute atomic E-state index is 0.0990. The number of anilines is 1. The average Bonchev–Trinajstić information content (AvgIpc) is 2.59. The lowest BCUT2D eigenvalue weighted by Gasteiger charge is -2.04. The average molecular weight is 254 g/mol. The molecule has 0 bridgehead atoms. The number of nitrogens with one attached hydrogen (secondary N) is 1.